The van der Waals surface area contributed by atoms with Crippen LogP contribution < -0.4 is 9.64 Å². The van der Waals surface area contributed by atoms with Crippen molar-refractivity contribution in [1.29, 1.82) is 0 Å². The highest BCUT2D eigenvalue weighted by atomic mass is 16.5. The summed E-state index contributed by atoms with van der Waals surface area (Å²) in [6.45, 7) is 0. The Labute approximate surface area is 237 Å². The molecule has 41 heavy (non-hydrogen) atoms. The first-order chi connectivity index (χ1) is 20.3. The second kappa shape index (κ2) is 9.54. The number of rotatable bonds is 4. The molecule has 194 valence electrons. The molecule has 2 aromatic heterocycles. The summed E-state index contributed by atoms with van der Waals surface area (Å²) in [7, 11) is 0. The molecule has 0 saturated carbocycles. The van der Waals surface area contributed by atoms with Crippen molar-refractivity contribution in [1.82, 2.24) is 9.97 Å². The van der Waals surface area contributed by atoms with Crippen LogP contribution in [-0.4, -0.2) is 9.97 Å². The number of para-hydroxylation sites is 3. The van der Waals surface area contributed by atoms with E-state index in [-0.39, 0.29) is 0 Å². The van der Waals surface area contributed by atoms with Crippen LogP contribution in [0.2, 0.25) is 0 Å². The van der Waals surface area contributed by atoms with Gasteiger partial charge in [0.15, 0.2) is 0 Å². The molecular formula is C37H25N3O. The van der Waals surface area contributed by atoms with Gasteiger partial charge in [-0.2, -0.15) is 0 Å². The molecule has 4 heteroatoms. The van der Waals surface area contributed by atoms with Gasteiger partial charge in [-0.05, 0) is 59.2 Å². The molecule has 5 aromatic carbocycles. The first-order valence-electron chi connectivity index (χ1n) is 13.7. The molecule has 0 atom stereocenters. The van der Waals surface area contributed by atoms with E-state index < -0.39 is 0 Å². The minimum Gasteiger partial charge on any atom is -0.439 e. The zero-order valence-corrected chi connectivity index (χ0v) is 22.2. The summed E-state index contributed by atoms with van der Waals surface area (Å²) in [5.41, 5.74) is 10.1. The number of H-pyrrole nitrogens is 1. The van der Waals surface area contributed by atoms with E-state index in [0.717, 1.165) is 50.5 Å². The number of nitrogens with one attached hydrogen (secondary N) is 1. The Morgan fingerprint density at radius 3 is 2.34 bits per heavy atom. The highest BCUT2D eigenvalue weighted by molar-refractivity contribution is 6.12. The van der Waals surface area contributed by atoms with Gasteiger partial charge in [0.1, 0.15) is 5.75 Å². The number of ether oxygens (including phenoxy) is 1. The molecular weight excluding hydrogens is 502 g/mol. The van der Waals surface area contributed by atoms with E-state index in [0.29, 0.717) is 5.88 Å². The molecule has 0 fully saturated rings. The van der Waals surface area contributed by atoms with E-state index in [2.05, 4.69) is 130 Å². The minimum absolute atomic E-state index is 0.567. The summed E-state index contributed by atoms with van der Waals surface area (Å²) >= 11 is 0. The number of anilines is 3. The van der Waals surface area contributed by atoms with Gasteiger partial charge < -0.3 is 14.6 Å². The summed E-state index contributed by atoms with van der Waals surface area (Å²) in [4.78, 5) is 10.3. The van der Waals surface area contributed by atoms with Crippen molar-refractivity contribution >= 4 is 51.0 Å². The van der Waals surface area contributed by atoms with Crippen LogP contribution in [0.5, 0.6) is 11.6 Å². The Morgan fingerprint density at radius 1 is 0.610 bits per heavy atom. The van der Waals surface area contributed by atoms with Gasteiger partial charge in [-0.15, -0.1) is 0 Å². The number of fused-ring (bicyclic) bond motifs is 5. The maximum atomic E-state index is 6.16. The first kappa shape index (κ1) is 23.3. The maximum absolute atomic E-state index is 6.16. The summed E-state index contributed by atoms with van der Waals surface area (Å²) < 4.78 is 6.16. The summed E-state index contributed by atoms with van der Waals surface area (Å²) in [6, 6.07) is 44.2. The van der Waals surface area contributed by atoms with Crippen molar-refractivity contribution in [2.24, 2.45) is 0 Å². The largest absolute Gasteiger partial charge is 0.439 e. The van der Waals surface area contributed by atoms with Gasteiger partial charge in [-0.25, -0.2) is 4.98 Å². The van der Waals surface area contributed by atoms with Gasteiger partial charge in [0.2, 0.25) is 5.88 Å². The van der Waals surface area contributed by atoms with Crippen LogP contribution in [-0.2, 0) is 0 Å². The number of hydrogen-bond donors (Lipinski definition) is 1. The van der Waals surface area contributed by atoms with Crippen molar-refractivity contribution in [2.45, 2.75) is 0 Å². The lowest BCUT2D eigenvalue weighted by molar-refractivity contribution is 0.463. The Balaban J connectivity index is 1.30. The number of hydrogen-bond acceptors (Lipinski definition) is 3. The van der Waals surface area contributed by atoms with Crippen molar-refractivity contribution < 1.29 is 4.74 Å². The van der Waals surface area contributed by atoms with Crippen LogP contribution in [0, 0.1) is 0 Å². The molecule has 1 aliphatic rings. The molecule has 0 amide bonds. The maximum Gasteiger partial charge on any atom is 0.219 e. The molecule has 4 nitrogen and oxygen atoms in total. The fraction of sp³-hybridized carbons (Fsp3) is 0. The lowest BCUT2D eigenvalue weighted by Gasteiger charge is -2.28. The molecule has 0 spiro atoms. The standard InChI is InChI=1S/C37H25N3O/c1-4-16-34-25(9-1)18-19-26-20-21-29(41-36-17-5-6-22-38-36)24-35(26)40(34)28-11-7-10-27(23-28)30-13-8-14-32-31-12-2-3-15-33(31)39-37(30)32/h1-24,39H. The molecule has 0 saturated heterocycles. The van der Waals surface area contributed by atoms with Gasteiger partial charge >= 0.3 is 0 Å². The van der Waals surface area contributed by atoms with E-state index in [9.17, 15) is 0 Å². The van der Waals surface area contributed by atoms with E-state index in [1.54, 1.807) is 6.20 Å². The molecule has 3 heterocycles. The number of aromatic amines is 1. The van der Waals surface area contributed by atoms with Gasteiger partial charge in [0.05, 0.1) is 16.9 Å². The Morgan fingerprint density at radius 2 is 1.41 bits per heavy atom. The first-order valence-corrected chi connectivity index (χ1v) is 13.7. The fourth-order valence-electron chi connectivity index (χ4n) is 5.80. The number of pyridine rings is 1. The predicted octanol–water partition coefficient (Wildman–Crippen LogP) is 10.1. The van der Waals surface area contributed by atoms with Crippen LogP contribution in [0.3, 0.4) is 0 Å². The normalized spacial score (nSPS) is 12.2. The quantitative estimate of drug-likeness (QED) is 0.248. The summed E-state index contributed by atoms with van der Waals surface area (Å²) in [5.74, 6) is 1.30. The third kappa shape index (κ3) is 4.05. The zero-order valence-electron chi connectivity index (χ0n) is 22.2. The average molecular weight is 528 g/mol. The monoisotopic (exact) mass is 527 g/mol. The zero-order chi connectivity index (χ0) is 27.2. The lowest BCUT2D eigenvalue weighted by atomic mass is 10.0. The Kier molecular flexibility index (Phi) is 5.42. The predicted molar refractivity (Wildman–Crippen MR) is 169 cm³/mol. The van der Waals surface area contributed by atoms with Crippen molar-refractivity contribution in [3.63, 3.8) is 0 Å². The highest BCUT2D eigenvalue weighted by Gasteiger charge is 2.21. The molecule has 7 aromatic rings. The number of aromatic nitrogens is 2. The second-order valence-corrected chi connectivity index (χ2v) is 10.2. The van der Waals surface area contributed by atoms with Crippen molar-refractivity contribution in [3.05, 3.63) is 145 Å². The highest BCUT2D eigenvalue weighted by Crippen LogP contribution is 2.45. The van der Waals surface area contributed by atoms with Gasteiger partial charge in [0.25, 0.3) is 0 Å². The summed E-state index contributed by atoms with van der Waals surface area (Å²) in [5, 5.41) is 2.47. The smallest absolute Gasteiger partial charge is 0.219 e. The van der Waals surface area contributed by atoms with E-state index >= 15 is 0 Å². The van der Waals surface area contributed by atoms with Crippen molar-refractivity contribution in [2.75, 3.05) is 4.90 Å². The number of benzene rings is 5. The third-order valence-electron chi connectivity index (χ3n) is 7.68. The van der Waals surface area contributed by atoms with Crippen LogP contribution in [0.25, 0.3) is 45.1 Å². The Hall–Kier alpha value is -5.61. The third-order valence-corrected chi connectivity index (χ3v) is 7.68. The second-order valence-electron chi connectivity index (χ2n) is 10.2. The topological polar surface area (TPSA) is 41.1 Å². The Bertz CT molecular complexity index is 2090. The van der Waals surface area contributed by atoms with Gasteiger partial charge in [-0.1, -0.05) is 84.9 Å². The SMILES string of the molecule is C1=Cc2ccc(Oc3ccccn3)cc2N(c2cccc(-c3cccc4c3[nH]c3ccccc34)c2)c2ccccc21. The summed E-state index contributed by atoms with van der Waals surface area (Å²) in [6.07, 6.45) is 6.10. The fourth-order valence-corrected chi connectivity index (χ4v) is 5.80. The van der Waals surface area contributed by atoms with E-state index in [1.165, 1.54) is 16.3 Å². The van der Waals surface area contributed by atoms with E-state index in [1.807, 2.05) is 24.3 Å². The van der Waals surface area contributed by atoms with Crippen LogP contribution >= 0.6 is 0 Å². The van der Waals surface area contributed by atoms with Gasteiger partial charge in [-0.3, -0.25) is 0 Å². The molecule has 0 unspecified atom stereocenters. The molecule has 1 aliphatic heterocycles. The number of nitrogens with zero attached hydrogens (tertiary/aromatic N) is 2. The average Bonchev–Trinajstić information content (AvgIpc) is 3.32. The van der Waals surface area contributed by atoms with Crippen LogP contribution in [0.4, 0.5) is 17.1 Å². The van der Waals surface area contributed by atoms with Crippen LogP contribution in [0.15, 0.2) is 134 Å². The minimum atomic E-state index is 0.567. The molecule has 1 N–H and O–H groups in total. The van der Waals surface area contributed by atoms with Crippen molar-refractivity contribution in [3.8, 4) is 22.8 Å². The van der Waals surface area contributed by atoms with Crippen LogP contribution in [0.1, 0.15) is 11.1 Å². The molecule has 0 radical (unpaired) electrons. The lowest BCUT2D eigenvalue weighted by Crippen LogP contribution is -2.12. The molecule has 0 aliphatic carbocycles. The molecule has 8 rings (SSSR count). The molecule has 0 bridgehead atoms. The van der Waals surface area contributed by atoms with E-state index in [4.69, 9.17) is 4.74 Å². The van der Waals surface area contributed by atoms with Gasteiger partial charge in [0, 0.05) is 45.9 Å².